The molecule has 5 heteroatoms. The van der Waals surface area contributed by atoms with Crippen molar-refractivity contribution in [1.29, 1.82) is 0 Å². The van der Waals surface area contributed by atoms with Gasteiger partial charge in [0, 0.05) is 0 Å². The number of primary amides is 1. The summed E-state index contributed by atoms with van der Waals surface area (Å²) in [6.07, 6.45) is 0.162. The van der Waals surface area contributed by atoms with Crippen molar-refractivity contribution in [3.05, 3.63) is 35.4 Å². The van der Waals surface area contributed by atoms with E-state index in [0.29, 0.717) is 6.61 Å². The zero-order valence-corrected chi connectivity index (χ0v) is 9.31. The van der Waals surface area contributed by atoms with Crippen molar-refractivity contribution in [2.45, 2.75) is 12.5 Å². The summed E-state index contributed by atoms with van der Waals surface area (Å²) in [4.78, 5) is 22.4. The van der Waals surface area contributed by atoms with Gasteiger partial charge in [-0.2, -0.15) is 0 Å². The van der Waals surface area contributed by atoms with Crippen molar-refractivity contribution in [1.82, 2.24) is 5.32 Å². The fraction of sp³-hybridized carbons (Fsp3) is 0.333. The number of nitrogens with two attached hydrogens (primary N) is 1. The standard InChI is InChI=1S/C12H14N2O3/c13-10(15)7-14-12(16)11-9-4-2-1-3-8(9)5-6-17-11/h1-4,11H,5-7H2,(H2,13,15)(H,14,16). The van der Waals surface area contributed by atoms with Crippen LogP contribution >= 0.6 is 0 Å². The lowest BCUT2D eigenvalue weighted by Crippen LogP contribution is -2.38. The van der Waals surface area contributed by atoms with Gasteiger partial charge in [0.15, 0.2) is 6.10 Å². The van der Waals surface area contributed by atoms with Crippen LogP contribution in [-0.4, -0.2) is 25.0 Å². The van der Waals surface area contributed by atoms with Crippen molar-refractivity contribution >= 4 is 11.8 Å². The van der Waals surface area contributed by atoms with Crippen LogP contribution in [0.25, 0.3) is 0 Å². The molecule has 17 heavy (non-hydrogen) atoms. The number of hydrogen-bond donors (Lipinski definition) is 2. The second-order valence-corrected chi connectivity index (χ2v) is 3.88. The molecule has 0 aromatic heterocycles. The second-order valence-electron chi connectivity index (χ2n) is 3.88. The van der Waals surface area contributed by atoms with Gasteiger partial charge in [-0.25, -0.2) is 0 Å². The number of benzene rings is 1. The van der Waals surface area contributed by atoms with Crippen molar-refractivity contribution in [3.63, 3.8) is 0 Å². The maximum atomic E-state index is 11.8. The molecule has 1 aromatic carbocycles. The average molecular weight is 234 g/mol. The van der Waals surface area contributed by atoms with Gasteiger partial charge in [-0.1, -0.05) is 24.3 Å². The maximum Gasteiger partial charge on any atom is 0.254 e. The molecule has 2 amide bonds. The Labute approximate surface area is 98.9 Å². The summed E-state index contributed by atoms with van der Waals surface area (Å²) >= 11 is 0. The molecule has 1 aliphatic rings. The van der Waals surface area contributed by atoms with E-state index in [2.05, 4.69) is 5.32 Å². The number of carbonyl (C=O) groups is 2. The van der Waals surface area contributed by atoms with Gasteiger partial charge in [-0.15, -0.1) is 0 Å². The number of amides is 2. The molecule has 0 fully saturated rings. The minimum absolute atomic E-state index is 0.166. The van der Waals surface area contributed by atoms with Gasteiger partial charge in [0.05, 0.1) is 13.2 Å². The van der Waals surface area contributed by atoms with Crippen LogP contribution in [0.4, 0.5) is 0 Å². The van der Waals surface area contributed by atoms with Gasteiger partial charge in [0.1, 0.15) is 0 Å². The van der Waals surface area contributed by atoms with Crippen molar-refractivity contribution < 1.29 is 14.3 Å². The van der Waals surface area contributed by atoms with Crippen LogP contribution < -0.4 is 11.1 Å². The zero-order valence-electron chi connectivity index (χ0n) is 9.31. The van der Waals surface area contributed by atoms with Crippen LogP contribution in [-0.2, 0) is 20.7 Å². The summed E-state index contributed by atoms with van der Waals surface area (Å²) in [6.45, 7) is 0.340. The van der Waals surface area contributed by atoms with Crippen LogP contribution in [0.1, 0.15) is 17.2 Å². The topological polar surface area (TPSA) is 81.4 Å². The lowest BCUT2D eigenvalue weighted by Gasteiger charge is -2.24. The van der Waals surface area contributed by atoms with E-state index in [-0.39, 0.29) is 12.5 Å². The SMILES string of the molecule is NC(=O)CNC(=O)C1OCCc2ccccc21. The third-order valence-electron chi connectivity index (χ3n) is 2.67. The zero-order chi connectivity index (χ0) is 12.3. The molecule has 2 rings (SSSR count). The molecule has 0 bridgehead atoms. The van der Waals surface area contributed by atoms with E-state index in [9.17, 15) is 9.59 Å². The summed E-state index contributed by atoms with van der Waals surface area (Å²) in [5.74, 6) is -0.890. The van der Waals surface area contributed by atoms with Crippen LogP contribution in [0.3, 0.4) is 0 Å². The molecular formula is C12H14N2O3. The van der Waals surface area contributed by atoms with Gasteiger partial charge in [0.2, 0.25) is 5.91 Å². The Bertz CT molecular complexity index is 445. The number of fused-ring (bicyclic) bond motifs is 1. The predicted octanol–water partition coefficient (Wildman–Crippen LogP) is -0.0981. The normalized spacial score (nSPS) is 18.2. The highest BCUT2D eigenvalue weighted by Crippen LogP contribution is 2.26. The Balaban J connectivity index is 2.12. The summed E-state index contributed by atoms with van der Waals surface area (Å²) < 4.78 is 5.43. The van der Waals surface area contributed by atoms with Crippen molar-refractivity contribution in [2.75, 3.05) is 13.2 Å². The first-order valence-corrected chi connectivity index (χ1v) is 5.44. The van der Waals surface area contributed by atoms with E-state index in [1.54, 1.807) is 0 Å². The summed E-state index contributed by atoms with van der Waals surface area (Å²) in [5, 5.41) is 2.45. The molecule has 5 nitrogen and oxygen atoms in total. The quantitative estimate of drug-likeness (QED) is 0.766. The number of carbonyl (C=O) groups excluding carboxylic acids is 2. The first-order valence-electron chi connectivity index (χ1n) is 5.44. The fourth-order valence-electron chi connectivity index (χ4n) is 1.88. The lowest BCUT2D eigenvalue weighted by atomic mass is 9.97. The van der Waals surface area contributed by atoms with Crippen molar-refractivity contribution in [3.8, 4) is 0 Å². The van der Waals surface area contributed by atoms with E-state index >= 15 is 0 Å². The monoisotopic (exact) mass is 234 g/mol. The molecule has 0 aliphatic carbocycles. The Hall–Kier alpha value is -1.88. The Kier molecular flexibility index (Phi) is 3.39. The van der Waals surface area contributed by atoms with E-state index in [4.69, 9.17) is 10.5 Å². The number of ether oxygens (including phenoxy) is 1. The lowest BCUT2D eigenvalue weighted by molar-refractivity contribution is -0.135. The molecule has 90 valence electrons. The van der Waals surface area contributed by atoms with E-state index < -0.39 is 12.0 Å². The van der Waals surface area contributed by atoms with Gasteiger partial charge in [0.25, 0.3) is 5.91 Å². The third-order valence-corrected chi connectivity index (χ3v) is 2.67. The van der Waals surface area contributed by atoms with Crippen LogP contribution in [0.5, 0.6) is 0 Å². The van der Waals surface area contributed by atoms with Crippen molar-refractivity contribution in [2.24, 2.45) is 5.73 Å². The number of rotatable bonds is 3. The molecule has 0 saturated carbocycles. The van der Waals surface area contributed by atoms with Crippen LogP contribution in [0.15, 0.2) is 24.3 Å². The molecule has 1 aromatic rings. The second kappa shape index (κ2) is 4.97. The highest BCUT2D eigenvalue weighted by molar-refractivity contribution is 5.87. The summed E-state index contributed by atoms with van der Waals surface area (Å²) in [6, 6.07) is 7.64. The molecule has 0 radical (unpaired) electrons. The van der Waals surface area contributed by atoms with Gasteiger partial charge in [-0.05, 0) is 17.5 Å². The first kappa shape index (κ1) is 11.6. The molecule has 1 unspecified atom stereocenters. The molecule has 1 atom stereocenters. The highest BCUT2D eigenvalue weighted by Gasteiger charge is 2.26. The molecule has 0 saturated heterocycles. The Morgan fingerprint density at radius 1 is 1.41 bits per heavy atom. The summed E-state index contributed by atoms with van der Waals surface area (Å²) in [5.41, 5.74) is 6.94. The van der Waals surface area contributed by atoms with Gasteiger partial charge < -0.3 is 15.8 Å². The van der Waals surface area contributed by atoms with Crippen LogP contribution in [0.2, 0.25) is 0 Å². The molecule has 0 spiro atoms. The van der Waals surface area contributed by atoms with E-state index in [1.807, 2.05) is 24.3 Å². The molecule has 1 heterocycles. The fourth-order valence-corrected chi connectivity index (χ4v) is 1.88. The summed E-state index contributed by atoms with van der Waals surface area (Å²) in [7, 11) is 0. The molecular weight excluding hydrogens is 220 g/mol. The largest absolute Gasteiger partial charge is 0.368 e. The van der Waals surface area contributed by atoms with E-state index in [0.717, 1.165) is 17.5 Å². The number of hydrogen-bond acceptors (Lipinski definition) is 3. The maximum absolute atomic E-state index is 11.8. The minimum Gasteiger partial charge on any atom is -0.368 e. The highest BCUT2D eigenvalue weighted by atomic mass is 16.5. The smallest absolute Gasteiger partial charge is 0.254 e. The molecule has 1 aliphatic heterocycles. The van der Waals surface area contributed by atoms with Crippen LogP contribution in [0, 0.1) is 0 Å². The predicted molar refractivity (Wildman–Crippen MR) is 61.0 cm³/mol. The molecule has 3 N–H and O–H groups in total. The Morgan fingerprint density at radius 3 is 2.94 bits per heavy atom. The minimum atomic E-state index is -0.640. The van der Waals surface area contributed by atoms with Gasteiger partial charge >= 0.3 is 0 Å². The van der Waals surface area contributed by atoms with E-state index in [1.165, 1.54) is 0 Å². The Morgan fingerprint density at radius 2 is 2.18 bits per heavy atom. The first-order chi connectivity index (χ1) is 8.18. The average Bonchev–Trinajstić information content (AvgIpc) is 2.35. The van der Waals surface area contributed by atoms with Gasteiger partial charge in [-0.3, -0.25) is 9.59 Å². The number of nitrogens with one attached hydrogen (secondary N) is 1. The third kappa shape index (κ3) is 2.62.